The van der Waals surface area contributed by atoms with Gasteiger partial charge in [-0.25, -0.2) is 9.18 Å². The Hall–Kier alpha value is -11.9. The van der Waals surface area contributed by atoms with Crippen LogP contribution in [0.3, 0.4) is 0 Å². The van der Waals surface area contributed by atoms with Crippen LogP contribution in [0.1, 0.15) is 118 Å². The molecule has 8 heterocycles. The number of likely N-dealkylation sites (N-methyl/N-ethyl adjacent to an activating group) is 1. The number of nitrogens with one attached hydrogen (secondary N) is 11. The topological polar surface area (TPSA) is 601 Å². The molecule has 18 unspecified atom stereocenters. The first-order valence-corrected chi connectivity index (χ1v) is 40.4. The molecule has 22 N–H and O–H groups in total. The molecule has 10 amide bonds. The van der Waals surface area contributed by atoms with Gasteiger partial charge in [0.1, 0.15) is 107 Å². The quantitative estimate of drug-likeness (QED) is 0.0474. The number of phenolic OH excluding ortho intramolecular Hbond substituents is 3. The molecule has 0 radical (unpaired) electrons. The maximum atomic E-state index is 16.3. The number of hydrogen-bond acceptors (Lipinski definition) is 29. The van der Waals surface area contributed by atoms with E-state index in [1.54, 1.807) is 20.8 Å². The number of carbonyl (C=O) groups excluding carboxylic acids is 10. The van der Waals surface area contributed by atoms with Crippen molar-refractivity contribution >= 4 is 99.7 Å². The van der Waals surface area contributed by atoms with Crippen LogP contribution in [0.25, 0.3) is 11.1 Å². The number of nitrogens with zero attached hydrogens (tertiary/aromatic N) is 2. The Morgan fingerprint density at radius 1 is 0.714 bits per heavy atom. The molecule has 14 rings (SSSR count). The fourth-order valence-corrected chi connectivity index (χ4v) is 15.6. The number of hydrazine groups is 1. The number of rotatable bonds is 20. The molecule has 40 nitrogen and oxygen atoms in total. The summed E-state index contributed by atoms with van der Waals surface area (Å²) in [4.78, 5) is 162. The molecule has 0 saturated carbocycles. The highest BCUT2D eigenvalue weighted by molar-refractivity contribution is 6.32. The molecule has 0 aliphatic carbocycles. The molecule has 126 heavy (non-hydrogen) atoms. The van der Waals surface area contributed by atoms with Gasteiger partial charge in [0, 0.05) is 55.4 Å². The number of primary amides is 1. The van der Waals surface area contributed by atoms with E-state index in [2.05, 4.69) is 63.7 Å². The first-order chi connectivity index (χ1) is 59.7. The number of aliphatic hydroxyl groups excluding tert-OH is 6. The number of aromatic nitrogens is 2. The van der Waals surface area contributed by atoms with Crippen molar-refractivity contribution in [3.63, 3.8) is 0 Å². The van der Waals surface area contributed by atoms with E-state index in [0.717, 1.165) is 85.8 Å². The first kappa shape index (κ1) is 93.2. The number of amides is 10. The summed E-state index contributed by atoms with van der Waals surface area (Å²) in [5.41, 5.74) is 5.04. The summed E-state index contributed by atoms with van der Waals surface area (Å²) >= 11 is 20.1. The summed E-state index contributed by atoms with van der Waals surface area (Å²) in [7, 11) is 1.46. The highest BCUT2D eigenvalue weighted by Crippen LogP contribution is 2.50. The van der Waals surface area contributed by atoms with Crippen molar-refractivity contribution in [3.05, 3.63) is 174 Å². The molecule has 2 fully saturated rings. The van der Waals surface area contributed by atoms with Crippen LogP contribution in [0.4, 0.5) is 10.2 Å². The number of nitrogens with two attached hydrogens (primary N) is 1. The van der Waals surface area contributed by atoms with E-state index >= 15 is 24.0 Å². The number of aliphatic hydroxyl groups is 6. The van der Waals surface area contributed by atoms with Crippen molar-refractivity contribution < 1.29 is 127 Å². The Morgan fingerprint density at radius 3 is 1.99 bits per heavy atom. The number of fused-ring (bicyclic) bond motifs is 15. The third kappa shape index (κ3) is 21.1. The zero-order chi connectivity index (χ0) is 91.4. The maximum Gasteiger partial charge on any atom is 0.349 e. The van der Waals surface area contributed by atoms with Crippen LogP contribution in [0.15, 0.2) is 114 Å². The Balaban J connectivity index is 1.000. The average molecular weight is 1810 g/mol. The monoisotopic (exact) mass is 1810 g/mol. The third-order valence-electron chi connectivity index (χ3n) is 21.5. The van der Waals surface area contributed by atoms with Gasteiger partial charge in [-0.3, -0.25) is 63.4 Å². The van der Waals surface area contributed by atoms with Gasteiger partial charge in [-0.05, 0) is 139 Å². The van der Waals surface area contributed by atoms with Crippen molar-refractivity contribution in [1.29, 1.82) is 0 Å². The molecule has 18 atom stereocenters. The summed E-state index contributed by atoms with van der Waals surface area (Å²) in [5.74, 6) is -18.3. The van der Waals surface area contributed by atoms with Crippen molar-refractivity contribution in [2.45, 2.75) is 176 Å². The van der Waals surface area contributed by atoms with Gasteiger partial charge in [-0.2, -0.15) is 4.98 Å². The van der Waals surface area contributed by atoms with Crippen molar-refractivity contribution in [1.82, 2.24) is 62.9 Å². The van der Waals surface area contributed by atoms with Gasteiger partial charge in [0.05, 0.1) is 52.8 Å². The molecule has 7 aromatic rings. The number of ether oxygens (including phenoxy) is 6. The molecule has 44 heteroatoms. The minimum atomic E-state index is -2.42. The Labute approximate surface area is 730 Å². The zero-order valence-electron chi connectivity index (χ0n) is 67.7. The highest BCUT2D eigenvalue weighted by atomic mass is 35.5. The van der Waals surface area contributed by atoms with Gasteiger partial charge in [0.25, 0.3) is 5.91 Å². The van der Waals surface area contributed by atoms with E-state index < -0.39 is 271 Å². The van der Waals surface area contributed by atoms with E-state index in [1.165, 1.54) is 49.0 Å². The molecular weight excluding hydrogens is 1720 g/mol. The van der Waals surface area contributed by atoms with Crippen LogP contribution in [0.2, 0.25) is 15.1 Å². The lowest BCUT2D eigenvalue weighted by Crippen LogP contribution is -2.65. The second kappa shape index (κ2) is 39.3. The van der Waals surface area contributed by atoms with Crippen LogP contribution < -0.4 is 84.3 Å². The number of halogens is 4. The summed E-state index contributed by atoms with van der Waals surface area (Å²) in [6.07, 6.45) is -18.7. The van der Waals surface area contributed by atoms with E-state index in [0.29, 0.717) is 5.56 Å². The van der Waals surface area contributed by atoms with Crippen LogP contribution in [0.5, 0.6) is 46.0 Å². The molecule has 672 valence electrons. The summed E-state index contributed by atoms with van der Waals surface area (Å²) < 4.78 is 54.6. The molecule has 7 aliphatic heterocycles. The predicted octanol–water partition coefficient (Wildman–Crippen LogP) is 1.05. The van der Waals surface area contributed by atoms with Crippen LogP contribution >= 0.6 is 34.8 Å². The van der Waals surface area contributed by atoms with Gasteiger partial charge in [0.2, 0.25) is 65.2 Å². The molecular formula is C82H90Cl3FN14O26. The molecule has 7 aliphatic rings. The molecule has 1 aromatic heterocycles. The van der Waals surface area contributed by atoms with Crippen LogP contribution in [0, 0.1) is 11.7 Å². The Kier molecular flexibility index (Phi) is 29.1. The highest BCUT2D eigenvalue weighted by Gasteiger charge is 2.52. The van der Waals surface area contributed by atoms with Gasteiger partial charge in [-0.15, -0.1) is 0 Å². The number of hydrogen-bond donors (Lipinski definition) is 21. The minimum Gasteiger partial charge on any atom is -0.508 e. The smallest absolute Gasteiger partial charge is 0.349 e. The van der Waals surface area contributed by atoms with Crippen molar-refractivity contribution in [2.24, 2.45) is 11.7 Å². The first-order valence-electron chi connectivity index (χ1n) is 39.3. The number of anilines is 1. The second-order valence-corrected chi connectivity index (χ2v) is 32.4. The second-order valence-electron chi connectivity index (χ2n) is 31.1. The molecule has 0 spiro atoms. The van der Waals surface area contributed by atoms with Gasteiger partial charge >= 0.3 is 5.69 Å². The van der Waals surface area contributed by atoms with E-state index in [9.17, 15) is 79.1 Å². The van der Waals surface area contributed by atoms with Crippen molar-refractivity contribution in [2.75, 3.05) is 25.5 Å². The summed E-state index contributed by atoms with van der Waals surface area (Å²) in [5, 5.41) is 129. The maximum absolute atomic E-state index is 16.3. The fourth-order valence-electron chi connectivity index (χ4n) is 15.0. The van der Waals surface area contributed by atoms with Crippen LogP contribution in [-0.4, -0.2) is 214 Å². The SMILES string of the molecule is CNC(CC(C)C)C(=O)NC1C(=O)NC(CC(N)=O)C(=O)NC2C(=O)NC3C(=O)NC(C(=O)NC(C(=O)NNC(C)=O)c4cc(O)cc(O)c4-c4cc3ccc4O)C(O)c3ccc(c(Cl)c3)Oc3cc2cc(c3OC2OC(CO)C(O)C(O)C2OC2CC(C)(NCCn3ccc(NC(=O)Cc4ccc(Cl)c(F)c4)nc3=O)C(O)C(C)O2)Oc2ccc(cc2Cl)C1O. The van der Waals surface area contributed by atoms with Gasteiger partial charge in [0.15, 0.2) is 23.9 Å². The lowest BCUT2D eigenvalue weighted by Gasteiger charge is -2.48. The minimum absolute atomic E-state index is 0.0692. The summed E-state index contributed by atoms with van der Waals surface area (Å²) in [6, 6.07) is 4.13. The van der Waals surface area contributed by atoms with E-state index in [1.807, 2.05) is 0 Å². The molecule has 6 aromatic carbocycles. The number of aromatic hydroxyl groups is 3. The standard InChI is InChI=1S/C82H90Cl3FN14O26/c1-32(2)19-47(88-6)73(113)96-64-66(108)37-9-13-51(44(84)23-37)122-53-25-39-26-54(70(53)126-80-71(69(111)68(110)55(31-101)124-80)125-59-30-82(5,72(112)33(3)121-59)89-16-18-100-17-15-57(92-81(100)120)91-58(107)21-35-7-11-43(83)46(86)20-35)123-52-14-10-38(24-45(52)85)67(109)65-78(118)95-63(79(119)99-98-34(4)102)42-27-40(103)28-50(105)60(42)41-22-36(8-12-49(41)104)61(75(115)97-65)94-76(116)62(39)93-74(114)48(29-56(87)106)90-77(64)117/h7-15,17,20,22-28,32-33,47-48,55,59,61-69,71-72,80,88-89,101,103-105,108-112H,16,18-19,21,29-31H2,1-6H3,(H2,87,106)(H,90,117)(H,93,114)(H,94,116)(H,95,118)(H,96,113)(H,97,115)(H,98,102)(H,99,119)(H,91,92,107,120). The van der Waals surface area contributed by atoms with E-state index in [4.69, 9.17) is 69.0 Å². The number of benzene rings is 6. The largest absolute Gasteiger partial charge is 0.508 e. The Bertz CT molecular complexity index is 5470. The van der Waals surface area contributed by atoms with Gasteiger partial charge in [-0.1, -0.05) is 72.9 Å². The summed E-state index contributed by atoms with van der Waals surface area (Å²) in [6.45, 7) is 6.46. The molecule has 11 bridgehead atoms. The van der Waals surface area contributed by atoms with Crippen LogP contribution in [-0.2, 0) is 75.1 Å². The van der Waals surface area contributed by atoms with Crippen molar-refractivity contribution in [3.8, 4) is 57.1 Å². The predicted molar refractivity (Wildman–Crippen MR) is 440 cm³/mol. The average Bonchev–Trinajstić information content (AvgIpc) is 0.764. The molecule has 2 saturated heterocycles. The number of phenols is 3. The van der Waals surface area contributed by atoms with E-state index in [-0.39, 0.29) is 65.8 Å². The fraction of sp³-hybridized carbons (Fsp3) is 0.390. The Morgan fingerprint density at radius 2 is 1.37 bits per heavy atom. The lowest BCUT2D eigenvalue weighted by molar-refractivity contribution is -0.334. The zero-order valence-corrected chi connectivity index (χ0v) is 70.0. The lowest BCUT2D eigenvalue weighted by atomic mass is 9.85. The van der Waals surface area contributed by atoms with Gasteiger partial charge < -0.3 is 128 Å². The normalized spacial score (nSPS) is 25.8. The number of carbonyl (C=O) groups is 10. The third-order valence-corrected chi connectivity index (χ3v) is 22.4.